The average molecular weight is 269 g/mol. The van der Waals surface area contributed by atoms with Gasteiger partial charge in [-0.3, -0.25) is 0 Å². The van der Waals surface area contributed by atoms with E-state index in [-0.39, 0.29) is 18.0 Å². The lowest BCUT2D eigenvalue weighted by Gasteiger charge is -2.04. The Hall–Kier alpha value is -2.53. The van der Waals surface area contributed by atoms with Gasteiger partial charge < -0.3 is 5.11 Å². The summed E-state index contributed by atoms with van der Waals surface area (Å²) in [7, 11) is 0. The van der Waals surface area contributed by atoms with Crippen LogP contribution in [0.2, 0.25) is 0 Å². The number of hydrogen-bond acceptors (Lipinski definition) is 3. The Morgan fingerprint density at radius 3 is 2.65 bits per heavy atom. The van der Waals surface area contributed by atoms with E-state index < -0.39 is 5.82 Å². The molecule has 3 aromatic rings. The molecule has 2 aromatic heterocycles. The Morgan fingerprint density at radius 2 is 1.90 bits per heavy atom. The van der Waals surface area contributed by atoms with Crippen LogP contribution in [0, 0.1) is 5.82 Å². The second-order valence-corrected chi connectivity index (χ2v) is 4.31. The Morgan fingerprint density at radius 1 is 1.10 bits per heavy atom. The topological polar surface area (TPSA) is 50.9 Å². The third-order valence-corrected chi connectivity index (χ3v) is 3.03. The van der Waals surface area contributed by atoms with E-state index in [2.05, 4.69) is 10.1 Å². The number of hydrogen-bond donors (Lipinski definition) is 1. The molecule has 0 aliphatic rings. The van der Waals surface area contributed by atoms with Crippen molar-refractivity contribution in [2.45, 2.75) is 6.61 Å². The monoisotopic (exact) mass is 269 g/mol. The van der Waals surface area contributed by atoms with Crippen LogP contribution in [0.5, 0.6) is 0 Å². The van der Waals surface area contributed by atoms with E-state index in [1.54, 1.807) is 12.4 Å². The zero-order valence-corrected chi connectivity index (χ0v) is 10.6. The molecule has 0 bridgehead atoms. The van der Waals surface area contributed by atoms with E-state index in [1.807, 2.05) is 30.3 Å². The van der Waals surface area contributed by atoms with Gasteiger partial charge in [0.2, 0.25) is 0 Å². The number of halogens is 1. The van der Waals surface area contributed by atoms with E-state index >= 15 is 0 Å². The number of nitrogens with zero attached hydrogens (tertiary/aromatic N) is 3. The fourth-order valence-corrected chi connectivity index (χ4v) is 1.97. The van der Waals surface area contributed by atoms with Crippen molar-refractivity contribution in [1.29, 1.82) is 0 Å². The highest BCUT2D eigenvalue weighted by molar-refractivity contribution is 5.61. The quantitative estimate of drug-likeness (QED) is 0.795. The lowest BCUT2D eigenvalue weighted by molar-refractivity contribution is 0.275. The normalized spacial score (nSPS) is 10.7. The summed E-state index contributed by atoms with van der Waals surface area (Å²) in [6.07, 6.45) is 4.82. The van der Waals surface area contributed by atoms with Crippen molar-refractivity contribution in [1.82, 2.24) is 14.8 Å². The third kappa shape index (κ3) is 2.19. The molecule has 20 heavy (non-hydrogen) atoms. The first-order valence-corrected chi connectivity index (χ1v) is 6.14. The molecule has 4 nitrogen and oxygen atoms in total. The van der Waals surface area contributed by atoms with E-state index in [0.29, 0.717) is 0 Å². The molecule has 2 heterocycles. The van der Waals surface area contributed by atoms with Crippen LogP contribution in [0.4, 0.5) is 4.39 Å². The standard InChI is InChI=1S/C15H12FN3O/c16-14-12(10-20)6-7-17-15(14)19-9-13(8-18-19)11-4-2-1-3-5-11/h1-9,20H,10H2. The molecule has 0 fully saturated rings. The van der Waals surface area contributed by atoms with Gasteiger partial charge in [-0.25, -0.2) is 14.1 Å². The van der Waals surface area contributed by atoms with Gasteiger partial charge in [0.1, 0.15) is 0 Å². The molecule has 0 amide bonds. The molecule has 0 aliphatic carbocycles. The lowest BCUT2D eigenvalue weighted by Crippen LogP contribution is -2.04. The van der Waals surface area contributed by atoms with Crippen LogP contribution in [0.25, 0.3) is 16.9 Å². The van der Waals surface area contributed by atoms with Gasteiger partial charge in [-0.05, 0) is 11.6 Å². The highest BCUT2D eigenvalue weighted by Crippen LogP contribution is 2.20. The maximum atomic E-state index is 14.1. The second-order valence-electron chi connectivity index (χ2n) is 4.31. The van der Waals surface area contributed by atoms with Crippen LogP contribution >= 0.6 is 0 Å². The fraction of sp³-hybridized carbons (Fsp3) is 0.0667. The van der Waals surface area contributed by atoms with Crippen LogP contribution in [-0.4, -0.2) is 19.9 Å². The highest BCUT2D eigenvalue weighted by atomic mass is 19.1. The first kappa shape index (κ1) is 12.5. The Balaban J connectivity index is 2.03. The average Bonchev–Trinajstić information content (AvgIpc) is 2.98. The molecule has 1 N–H and O–H groups in total. The smallest absolute Gasteiger partial charge is 0.190 e. The van der Waals surface area contributed by atoms with Crippen molar-refractivity contribution >= 4 is 0 Å². The van der Waals surface area contributed by atoms with Gasteiger partial charge in [0, 0.05) is 23.5 Å². The summed E-state index contributed by atoms with van der Waals surface area (Å²) in [4.78, 5) is 3.98. The third-order valence-electron chi connectivity index (χ3n) is 3.03. The molecule has 5 heteroatoms. The van der Waals surface area contributed by atoms with Gasteiger partial charge in [0.25, 0.3) is 0 Å². The summed E-state index contributed by atoms with van der Waals surface area (Å²) in [5, 5.41) is 13.2. The van der Waals surface area contributed by atoms with E-state index in [1.165, 1.54) is 16.9 Å². The number of aliphatic hydroxyl groups excluding tert-OH is 1. The SMILES string of the molecule is OCc1ccnc(-n2cc(-c3ccccc3)cn2)c1F. The number of aliphatic hydroxyl groups is 1. The number of pyridine rings is 1. The van der Waals surface area contributed by atoms with E-state index in [4.69, 9.17) is 5.11 Å². The van der Waals surface area contributed by atoms with Crippen molar-refractivity contribution in [3.63, 3.8) is 0 Å². The summed E-state index contributed by atoms with van der Waals surface area (Å²) in [6, 6.07) is 11.1. The maximum Gasteiger partial charge on any atom is 0.190 e. The Labute approximate surface area is 115 Å². The molecule has 1 aromatic carbocycles. The predicted molar refractivity (Wildman–Crippen MR) is 72.7 cm³/mol. The molecule has 0 saturated heterocycles. The Kier molecular flexibility index (Phi) is 3.26. The van der Waals surface area contributed by atoms with E-state index in [0.717, 1.165) is 11.1 Å². The summed E-state index contributed by atoms with van der Waals surface area (Å²) < 4.78 is 15.5. The van der Waals surface area contributed by atoms with Gasteiger partial charge in [0.15, 0.2) is 11.6 Å². The summed E-state index contributed by atoms with van der Waals surface area (Å²) in [5.41, 5.74) is 2.07. The number of rotatable bonds is 3. The van der Waals surface area contributed by atoms with Gasteiger partial charge >= 0.3 is 0 Å². The summed E-state index contributed by atoms with van der Waals surface area (Å²) >= 11 is 0. The molecule has 100 valence electrons. The summed E-state index contributed by atoms with van der Waals surface area (Å²) in [5.74, 6) is -0.476. The molecule has 0 atom stereocenters. The zero-order chi connectivity index (χ0) is 13.9. The lowest BCUT2D eigenvalue weighted by atomic mass is 10.1. The van der Waals surface area contributed by atoms with Crippen LogP contribution < -0.4 is 0 Å². The minimum Gasteiger partial charge on any atom is -0.392 e. The minimum atomic E-state index is -0.558. The molecule has 0 spiro atoms. The fourth-order valence-electron chi connectivity index (χ4n) is 1.97. The van der Waals surface area contributed by atoms with Gasteiger partial charge in [-0.1, -0.05) is 30.3 Å². The molecule has 0 saturated carbocycles. The number of benzene rings is 1. The van der Waals surface area contributed by atoms with Gasteiger partial charge in [0.05, 0.1) is 12.8 Å². The van der Waals surface area contributed by atoms with Crippen molar-refractivity contribution < 1.29 is 9.50 Å². The van der Waals surface area contributed by atoms with Crippen LogP contribution in [-0.2, 0) is 6.61 Å². The molecule has 0 unspecified atom stereocenters. The molecule has 0 aliphatic heterocycles. The van der Waals surface area contributed by atoms with Crippen LogP contribution in [0.15, 0.2) is 55.0 Å². The second kappa shape index (κ2) is 5.22. The van der Waals surface area contributed by atoms with Crippen molar-refractivity contribution in [2.75, 3.05) is 0 Å². The van der Waals surface area contributed by atoms with Crippen LogP contribution in [0.3, 0.4) is 0 Å². The van der Waals surface area contributed by atoms with Crippen LogP contribution in [0.1, 0.15) is 5.56 Å². The highest BCUT2D eigenvalue weighted by Gasteiger charge is 2.12. The minimum absolute atomic E-state index is 0.0822. The van der Waals surface area contributed by atoms with Gasteiger partial charge in [-0.2, -0.15) is 5.10 Å². The van der Waals surface area contributed by atoms with Gasteiger partial charge in [-0.15, -0.1) is 0 Å². The molecule has 0 radical (unpaired) electrons. The molecular formula is C15H12FN3O. The summed E-state index contributed by atoms with van der Waals surface area (Å²) in [6.45, 7) is -0.367. The first-order valence-electron chi connectivity index (χ1n) is 6.14. The largest absolute Gasteiger partial charge is 0.392 e. The Bertz CT molecular complexity index is 725. The van der Waals surface area contributed by atoms with Crippen molar-refractivity contribution in [2.24, 2.45) is 0 Å². The zero-order valence-electron chi connectivity index (χ0n) is 10.6. The maximum absolute atomic E-state index is 14.1. The van der Waals surface area contributed by atoms with Crippen molar-refractivity contribution in [3.05, 3.63) is 66.4 Å². The van der Waals surface area contributed by atoms with Crippen molar-refractivity contribution in [3.8, 4) is 16.9 Å². The van der Waals surface area contributed by atoms with E-state index in [9.17, 15) is 4.39 Å². The first-order chi connectivity index (χ1) is 9.79. The molecule has 3 rings (SSSR count). The number of aromatic nitrogens is 3. The predicted octanol–water partition coefficient (Wildman–Crippen LogP) is 2.57. The molecular weight excluding hydrogens is 257 g/mol.